The lowest BCUT2D eigenvalue weighted by Gasteiger charge is -2.18. The first-order valence-electron chi connectivity index (χ1n) is 4.30. The fourth-order valence-electron chi connectivity index (χ4n) is 1.25. The molecule has 0 N–H and O–H groups in total. The molecule has 0 saturated carbocycles. The number of carbonyl (C=O) groups excluding carboxylic acids is 1. The number of hydrogen-bond donors (Lipinski definition) is 0. The van der Waals surface area contributed by atoms with E-state index in [1.807, 2.05) is 6.08 Å². The molecule has 1 rings (SSSR count). The summed E-state index contributed by atoms with van der Waals surface area (Å²) >= 11 is 0. The van der Waals surface area contributed by atoms with E-state index in [2.05, 4.69) is 6.08 Å². The molecule has 1 fully saturated rings. The van der Waals surface area contributed by atoms with Crippen LogP contribution in [0.3, 0.4) is 0 Å². The highest BCUT2D eigenvalue weighted by Crippen LogP contribution is 2.14. The Hall–Kier alpha value is -0.890. The summed E-state index contributed by atoms with van der Waals surface area (Å²) in [6.45, 7) is 1.72. The predicted molar refractivity (Wildman–Crippen MR) is 47.9 cm³/mol. The molecule has 0 aromatic heterocycles. The van der Waals surface area contributed by atoms with E-state index in [1.54, 1.807) is 6.08 Å². The van der Waals surface area contributed by atoms with Gasteiger partial charge in [0, 0.05) is 12.5 Å². The van der Waals surface area contributed by atoms with Gasteiger partial charge in [-0.15, -0.1) is 0 Å². The summed E-state index contributed by atoms with van der Waals surface area (Å²) in [5.41, 5.74) is 0. The minimum atomic E-state index is 0.537. The van der Waals surface area contributed by atoms with E-state index >= 15 is 0 Å². The minimum absolute atomic E-state index is 0.537. The summed E-state index contributed by atoms with van der Waals surface area (Å²) in [6, 6.07) is 0. The molecular formula is C10H14O2. The van der Waals surface area contributed by atoms with Crippen LogP contribution in [0.25, 0.3) is 0 Å². The highest BCUT2D eigenvalue weighted by Gasteiger charge is 2.09. The normalized spacial score (nSPS) is 25.2. The van der Waals surface area contributed by atoms with Crippen LogP contribution >= 0.6 is 0 Å². The Labute approximate surface area is 72.9 Å². The van der Waals surface area contributed by atoms with E-state index in [-0.39, 0.29) is 0 Å². The lowest BCUT2D eigenvalue weighted by Crippen LogP contribution is -2.14. The standard InChI is InChI=1S/C10H14O2/c11-7-3-1-2-5-10-6-4-8-12-9-10/h1-3,5,7,10H,4,6,8-9H2/b3-1+,5-2?. The molecule has 12 heavy (non-hydrogen) atoms. The maximum Gasteiger partial charge on any atom is 0.142 e. The highest BCUT2D eigenvalue weighted by molar-refractivity contribution is 5.65. The zero-order valence-electron chi connectivity index (χ0n) is 7.11. The second-order valence-corrected chi connectivity index (χ2v) is 2.88. The Bertz CT molecular complexity index is 176. The summed E-state index contributed by atoms with van der Waals surface area (Å²) in [5.74, 6) is 0.537. The molecule has 1 aliphatic rings. The summed E-state index contributed by atoms with van der Waals surface area (Å²) < 4.78 is 5.29. The molecule has 0 aromatic carbocycles. The Kier molecular flexibility index (Phi) is 4.39. The Morgan fingerprint density at radius 3 is 2.83 bits per heavy atom. The largest absolute Gasteiger partial charge is 0.381 e. The van der Waals surface area contributed by atoms with Crippen LogP contribution in [0.2, 0.25) is 0 Å². The van der Waals surface area contributed by atoms with Gasteiger partial charge in [-0.1, -0.05) is 18.2 Å². The van der Waals surface area contributed by atoms with Gasteiger partial charge in [-0.3, -0.25) is 4.79 Å². The van der Waals surface area contributed by atoms with Crippen molar-refractivity contribution in [3.8, 4) is 0 Å². The van der Waals surface area contributed by atoms with E-state index in [0.717, 1.165) is 25.9 Å². The fraction of sp³-hybridized carbons (Fsp3) is 0.500. The van der Waals surface area contributed by atoms with E-state index in [1.165, 1.54) is 12.5 Å². The second-order valence-electron chi connectivity index (χ2n) is 2.88. The summed E-state index contributed by atoms with van der Waals surface area (Å²) in [4.78, 5) is 9.91. The van der Waals surface area contributed by atoms with Crippen LogP contribution < -0.4 is 0 Å². The Morgan fingerprint density at radius 2 is 2.17 bits per heavy atom. The molecule has 66 valence electrons. The molecule has 1 saturated heterocycles. The number of ether oxygens (including phenoxy) is 1. The third kappa shape index (κ3) is 3.49. The van der Waals surface area contributed by atoms with Crippen molar-refractivity contribution in [2.75, 3.05) is 13.2 Å². The molecule has 1 unspecified atom stereocenters. The number of allylic oxidation sites excluding steroid dienone is 3. The third-order valence-electron chi connectivity index (χ3n) is 1.88. The van der Waals surface area contributed by atoms with Crippen LogP contribution in [-0.4, -0.2) is 19.5 Å². The van der Waals surface area contributed by atoms with Crippen molar-refractivity contribution in [2.24, 2.45) is 5.92 Å². The van der Waals surface area contributed by atoms with Crippen LogP contribution in [0.4, 0.5) is 0 Å². The van der Waals surface area contributed by atoms with Gasteiger partial charge >= 0.3 is 0 Å². The average Bonchev–Trinajstić information content (AvgIpc) is 2.14. The molecule has 0 amide bonds. The fourth-order valence-corrected chi connectivity index (χ4v) is 1.25. The molecule has 0 aliphatic carbocycles. The van der Waals surface area contributed by atoms with Gasteiger partial charge in [-0.05, 0) is 18.9 Å². The van der Waals surface area contributed by atoms with Crippen LogP contribution in [0, 0.1) is 5.92 Å². The van der Waals surface area contributed by atoms with Gasteiger partial charge in [-0.2, -0.15) is 0 Å². The molecule has 0 aromatic rings. The number of carbonyl (C=O) groups is 1. The quantitative estimate of drug-likeness (QED) is 0.362. The maximum atomic E-state index is 9.91. The van der Waals surface area contributed by atoms with Crippen molar-refractivity contribution in [3.63, 3.8) is 0 Å². The molecular weight excluding hydrogens is 152 g/mol. The van der Waals surface area contributed by atoms with Crippen molar-refractivity contribution in [1.82, 2.24) is 0 Å². The van der Waals surface area contributed by atoms with Crippen LogP contribution in [0.5, 0.6) is 0 Å². The first-order chi connectivity index (χ1) is 5.93. The maximum absolute atomic E-state index is 9.91. The van der Waals surface area contributed by atoms with Crippen molar-refractivity contribution < 1.29 is 9.53 Å². The van der Waals surface area contributed by atoms with Crippen molar-refractivity contribution >= 4 is 6.29 Å². The smallest absolute Gasteiger partial charge is 0.142 e. The number of aldehydes is 1. The molecule has 2 nitrogen and oxygen atoms in total. The molecule has 1 atom stereocenters. The second kappa shape index (κ2) is 5.72. The lowest BCUT2D eigenvalue weighted by atomic mass is 10.0. The molecule has 0 radical (unpaired) electrons. The first-order valence-corrected chi connectivity index (χ1v) is 4.30. The predicted octanol–water partition coefficient (Wildman–Crippen LogP) is 1.72. The van der Waals surface area contributed by atoms with Crippen molar-refractivity contribution in [2.45, 2.75) is 12.8 Å². The molecule has 1 heterocycles. The number of hydrogen-bond acceptors (Lipinski definition) is 2. The monoisotopic (exact) mass is 166 g/mol. The average molecular weight is 166 g/mol. The Morgan fingerprint density at radius 1 is 1.25 bits per heavy atom. The van der Waals surface area contributed by atoms with Gasteiger partial charge in [0.25, 0.3) is 0 Å². The van der Waals surface area contributed by atoms with Gasteiger partial charge in [0.2, 0.25) is 0 Å². The molecule has 0 spiro atoms. The zero-order chi connectivity index (χ0) is 8.65. The summed E-state index contributed by atoms with van der Waals surface area (Å²) in [7, 11) is 0. The van der Waals surface area contributed by atoms with Crippen LogP contribution in [0.1, 0.15) is 12.8 Å². The Balaban J connectivity index is 2.23. The van der Waals surface area contributed by atoms with Crippen molar-refractivity contribution in [1.29, 1.82) is 0 Å². The van der Waals surface area contributed by atoms with E-state index in [9.17, 15) is 4.79 Å². The third-order valence-corrected chi connectivity index (χ3v) is 1.88. The molecule has 2 heteroatoms. The number of rotatable bonds is 3. The highest BCUT2D eigenvalue weighted by atomic mass is 16.5. The lowest BCUT2D eigenvalue weighted by molar-refractivity contribution is -0.104. The summed E-state index contributed by atoms with van der Waals surface area (Å²) in [5, 5.41) is 0. The minimum Gasteiger partial charge on any atom is -0.381 e. The van der Waals surface area contributed by atoms with Crippen LogP contribution in [0.15, 0.2) is 24.3 Å². The van der Waals surface area contributed by atoms with E-state index in [0.29, 0.717) is 5.92 Å². The van der Waals surface area contributed by atoms with Crippen LogP contribution in [-0.2, 0) is 9.53 Å². The van der Waals surface area contributed by atoms with Gasteiger partial charge in [-0.25, -0.2) is 0 Å². The SMILES string of the molecule is O=C/C=C/C=CC1CCCOC1. The van der Waals surface area contributed by atoms with Gasteiger partial charge in [0.15, 0.2) is 0 Å². The van der Waals surface area contributed by atoms with Crippen molar-refractivity contribution in [3.05, 3.63) is 24.3 Å². The van der Waals surface area contributed by atoms with E-state index in [4.69, 9.17) is 4.74 Å². The summed E-state index contributed by atoms with van der Waals surface area (Å²) in [6.07, 6.45) is 10.4. The van der Waals surface area contributed by atoms with Gasteiger partial charge < -0.3 is 4.74 Å². The van der Waals surface area contributed by atoms with E-state index < -0.39 is 0 Å². The molecule has 0 bridgehead atoms. The van der Waals surface area contributed by atoms with Gasteiger partial charge in [0.1, 0.15) is 6.29 Å². The molecule has 1 aliphatic heterocycles. The van der Waals surface area contributed by atoms with Gasteiger partial charge in [0.05, 0.1) is 6.61 Å². The topological polar surface area (TPSA) is 26.3 Å². The first kappa shape index (κ1) is 9.20. The zero-order valence-corrected chi connectivity index (χ0v) is 7.11.